The van der Waals surface area contributed by atoms with Crippen LogP contribution in [0.4, 0.5) is 5.69 Å². The number of nitrogens with zero attached hydrogens (tertiary/aromatic N) is 3. The molecule has 1 heterocycles. The molecule has 0 aromatic carbocycles. The van der Waals surface area contributed by atoms with Crippen LogP contribution in [-0.2, 0) is 9.53 Å². The van der Waals surface area contributed by atoms with Crippen molar-refractivity contribution in [1.82, 2.24) is 4.98 Å². The van der Waals surface area contributed by atoms with Crippen molar-refractivity contribution in [2.24, 2.45) is 0 Å². The molecule has 0 fully saturated rings. The van der Waals surface area contributed by atoms with Crippen molar-refractivity contribution in [3.63, 3.8) is 0 Å². The Labute approximate surface area is 101 Å². The van der Waals surface area contributed by atoms with Gasteiger partial charge in [0, 0.05) is 31.9 Å². The van der Waals surface area contributed by atoms with E-state index in [0.29, 0.717) is 18.5 Å². The minimum Gasteiger partial charge on any atom is -0.469 e. The molecular formula is C12H15N3O2. The Morgan fingerprint density at radius 3 is 3.06 bits per heavy atom. The number of anilines is 1. The molecule has 0 aliphatic rings. The number of methoxy groups -OCH3 is 1. The Kier molecular flexibility index (Phi) is 4.95. The van der Waals surface area contributed by atoms with Gasteiger partial charge >= 0.3 is 5.97 Å². The molecule has 1 aromatic rings. The molecule has 0 saturated heterocycles. The second-order valence-electron chi connectivity index (χ2n) is 3.61. The van der Waals surface area contributed by atoms with Crippen LogP contribution in [-0.4, -0.2) is 31.7 Å². The number of pyridine rings is 1. The zero-order chi connectivity index (χ0) is 12.7. The minimum atomic E-state index is -0.203. The van der Waals surface area contributed by atoms with Gasteiger partial charge in [0.1, 0.15) is 11.8 Å². The lowest BCUT2D eigenvalue weighted by atomic mass is 10.2. The molecule has 1 aromatic heterocycles. The minimum absolute atomic E-state index is 0.203. The zero-order valence-corrected chi connectivity index (χ0v) is 10.0. The van der Waals surface area contributed by atoms with Crippen LogP contribution in [0.2, 0.25) is 0 Å². The Bertz CT molecular complexity index is 426. The number of hydrogen-bond donors (Lipinski definition) is 0. The van der Waals surface area contributed by atoms with Gasteiger partial charge in [0.15, 0.2) is 0 Å². The smallest absolute Gasteiger partial charge is 0.305 e. The van der Waals surface area contributed by atoms with Crippen LogP contribution in [0.3, 0.4) is 0 Å². The SMILES string of the molecule is COC(=O)CCCN(C)c1ccnc(C#N)c1. The summed E-state index contributed by atoms with van der Waals surface area (Å²) in [6.45, 7) is 0.726. The molecule has 0 unspecified atom stereocenters. The van der Waals surface area contributed by atoms with Gasteiger partial charge in [-0.25, -0.2) is 4.98 Å². The van der Waals surface area contributed by atoms with Gasteiger partial charge < -0.3 is 9.64 Å². The fraction of sp³-hybridized carbons (Fsp3) is 0.417. The van der Waals surface area contributed by atoms with Crippen LogP contribution in [0.15, 0.2) is 18.3 Å². The predicted molar refractivity (Wildman–Crippen MR) is 63.5 cm³/mol. The number of hydrogen-bond acceptors (Lipinski definition) is 5. The van der Waals surface area contributed by atoms with Gasteiger partial charge in [0.05, 0.1) is 7.11 Å². The molecule has 0 saturated carbocycles. The first-order valence-corrected chi connectivity index (χ1v) is 5.31. The lowest BCUT2D eigenvalue weighted by Crippen LogP contribution is -2.19. The van der Waals surface area contributed by atoms with Crippen molar-refractivity contribution in [2.45, 2.75) is 12.8 Å². The fourth-order valence-corrected chi connectivity index (χ4v) is 1.41. The molecule has 0 aliphatic carbocycles. The number of ether oxygens (including phenoxy) is 1. The van der Waals surface area contributed by atoms with E-state index in [-0.39, 0.29) is 5.97 Å². The van der Waals surface area contributed by atoms with Gasteiger partial charge in [-0.1, -0.05) is 0 Å². The summed E-state index contributed by atoms with van der Waals surface area (Å²) in [6, 6.07) is 5.55. The molecule has 17 heavy (non-hydrogen) atoms. The average Bonchev–Trinajstić information content (AvgIpc) is 2.38. The van der Waals surface area contributed by atoms with E-state index in [9.17, 15) is 4.79 Å². The van der Waals surface area contributed by atoms with Gasteiger partial charge in [0.2, 0.25) is 0 Å². The zero-order valence-electron chi connectivity index (χ0n) is 10.0. The third kappa shape index (κ3) is 4.11. The third-order valence-corrected chi connectivity index (χ3v) is 2.40. The fourth-order valence-electron chi connectivity index (χ4n) is 1.41. The standard InChI is InChI=1S/C12H15N3O2/c1-15(7-3-4-12(16)17-2)11-5-6-14-10(8-11)9-13/h5-6,8H,3-4,7H2,1-2H3. The van der Waals surface area contributed by atoms with E-state index in [4.69, 9.17) is 5.26 Å². The van der Waals surface area contributed by atoms with Crippen LogP contribution < -0.4 is 4.90 Å². The first-order valence-electron chi connectivity index (χ1n) is 5.31. The van der Waals surface area contributed by atoms with Crippen molar-refractivity contribution < 1.29 is 9.53 Å². The normalized spacial score (nSPS) is 9.47. The summed E-state index contributed by atoms with van der Waals surface area (Å²) in [5, 5.41) is 8.73. The topological polar surface area (TPSA) is 66.2 Å². The monoisotopic (exact) mass is 233 g/mol. The Morgan fingerprint density at radius 2 is 2.41 bits per heavy atom. The Balaban J connectivity index is 2.49. The van der Waals surface area contributed by atoms with E-state index in [2.05, 4.69) is 9.72 Å². The highest BCUT2D eigenvalue weighted by atomic mass is 16.5. The quantitative estimate of drug-likeness (QED) is 0.718. The number of nitriles is 1. The van der Waals surface area contributed by atoms with Crippen LogP contribution in [0.1, 0.15) is 18.5 Å². The van der Waals surface area contributed by atoms with E-state index in [1.165, 1.54) is 7.11 Å². The van der Waals surface area contributed by atoms with Gasteiger partial charge in [-0.15, -0.1) is 0 Å². The number of esters is 1. The van der Waals surface area contributed by atoms with E-state index in [1.54, 1.807) is 12.3 Å². The number of aromatic nitrogens is 1. The highest BCUT2D eigenvalue weighted by Gasteiger charge is 2.04. The first-order chi connectivity index (χ1) is 8.17. The van der Waals surface area contributed by atoms with Crippen LogP contribution in [0, 0.1) is 11.3 Å². The molecule has 0 N–H and O–H groups in total. The Morgan fingerprint density at radius 1 is 1.65 bits per heavy atom. The molecule has 5 nitrogen and oxygen atoms in total. The molecule has 0 bridgehead atoms. The van der Waals surface area contributed by atoms with Crippen LogP contribution in [0.25, 0.3) is 0 Å². The van der Waals surface area contributed by atoms with Gasteiger partial charge in [-0.05, 0) is 18.6 Å². The summed E-state index contributed by atoms with van der Waals surface area (Å²) in [5.41, 5.74) is 1.31. The average molecular weight is 233 g/mol. The van der Waals surface area contributed by atoms with E-state index in [1.807, 2.05) is 24.1 Å². The molecule has 0 spiro atoms. The third-order valence-electron chi connectivity index (χ3n) is 2.40. The Hall–Kier alpha value is -2.09. The second-order valence-corrected chi connectivity index (χ2v) is 3.61. The molecule has 0 radical (unpaired) electrons. The molecule has 1 rings (SSSR count). The second kappa shape index (κ2) is 6.48. The van der Waals surface area contributed by atoms with Crippen molar-refractivity contribution in [2.75, 3.05) is 25.6 Å². The van der Waals surface area contributed by atoms with Gasteiger partial charge in [0.25, 0.3) is 0 Å². The van der Waals surface area contributed by atoms with E-state index >= 15 is 0 Å². The number of carbonyl (C=O) groups excluding carboxylic acids is 1. The van der Waals surface area contributed by atoms with E-state index in [0.717, 1.165) is 12.2 Å². The number of rotatable bonds is 5. The summed E-state index contributed by atoms with van der Waals surface area (Å²) >= 11 is 0. The molecule has 0 amide bonds. The molecule has 5 heteroatoms. The highest BCUT2D eigenvalue weighted by molar-refractivity contribution is 5.69. The van der Waals surface area contributed by atoms with Gasteiger partial charge in [-0.2, -0.15) is 5.26 Å². The lowest BCUT2D eigenvalue weighted by molar-refractivity contribution is -0.140. The summed E-state index contributed by atoms with van der Waals surface area (Å²) in [7, 11) is 3.29. The van der Waals surface area contributed by atoms with Crippen molar-refractivity contribution in [3.8, 4) is 6.07 Å². The summed E-state index contributed by atoms with van der Waals surface area (Å²) < 4.78 is 4.56. The summed E-state index contributed by atoms with van der Waals surface area (Å²) in [4.78, 5) is 16.8. The maximum absolute atomic E-state index is 10.9. The predicted octanol–water partition coefficient (Wildman–Crippen LogP) is 1.34. The van der Waals surface area contributed by atoms with Crippen LogP contribution in [0.5, 0.6) is 0 Å². The summed E-state index contributed by atoms with van der Waals surface area (Å²) in [6.07, 6.45) is 2.72. The highest BCUT2D eigenvalue weighted by Crippen LogP contribution is 2.13. The lowest BCUT2D eigenvalue weighted by Gasteiger charge is -2.18. The van der Waals surface area contributed by atoms with Crippen molar-refractivity contribution in [3.05, 3.63) is 24.0 Å². The molecule has 90 valence electrons. The maximum atomic E-state index is 10.9. The van der Waals surface area contributed by atoms with Gasteiger partial charge in [-0.3, -0.25) is 4.79 Å². The molecule has 0 aliphatic heterocycles. The van der Waals surface area contributed by atoms with E-state index < -0.39 is 0 Å². The maximum Gasteiger partial charge on any atom is 0.305 e. The molecular weight excluding hydrogens is 218 g/mol. The largest absolute Gasteiger partial charge is 0.469 e. The van der Waals surface area contributed by atoms with Crippen molar-refractivity contribution in [1.29, 1.82) is 5.26 Å². The molecule has 0 atom stereocenters. The summed E-state index contributed by atoms with van der Waals surface area (Å²) in [5.74, 6) is -0.203. The van der Waals surface area contributed by atoms with Crippen molar-refractivity contribution >= 4 is 11.7 Å². The number of carbonyl (C=O) groups is 1. The van der Waals surface area contributed by atoms with Crippen LogP contribution >= 0.6 is 0 Å². The first kappa shape index (κ1) is 13.0.